The molecule has 1 N–H and O–H groups in total. The number of sulfonamides is 1. The number of halogens is 3. The summed E-state index contributed by atoms with van der Waals surface area (Å²) >= 11 is 1.15. The van der Waals surface area contributed by atoms with E-state index in [0.29, 0.717) is 18.7 Å². The Morgan fingerprint density at radius 3 is 2.36 bits per heavy atom. The second-order valence-electron chi connectivity index (χ2n) is 6.84. The Labute approximate surface area is 192 Å². The van der Waals surface area contributed by atoms with Gasteiger partial charge in [0.15, 0.2) is 11.2 Å². The molecule has 1 atom stereocenters. The SMILES string of the molecule is O=C1C(Oc2ccc(OC(F)(F)F)cc2)CCN1c1ccc(S(=O)(=O)Nc2nccs2)cc1.[HH]. The van der Waals surface area contributed by atoms with Crippen LogP contribution in [0.2, 0.25) is 0 Å². The molecule has 33 heavy (non-hydrogen) atoms. The number of benzene rings is 2. The normalized spacial score (nSPS) is 16.6. The number of carbonyl (C=O) groups is 1. The summed E-state index contributed by atoms with van der Waals surface area (Å²) in [6, 6.07) is 10.5. The number of amides is 1. The summed E-state index contributed by atoms with van der Waals surface area (Å²) in [5, 5.41) is 1.88. The fourth-order valence-corrected chi connectivity index (χ4v) is 4.95. The zero-order valence-corrected chi connectivity index (χ0v) is 18.3. The lowest BCUT2D eigenvalue weighted by Crippen LogP contribution is -2.32. The Morgan fingerprint density at radius 1 is 1.09 bits per heavy atom. The number of aromatic nitrogens is 1. The molecular weight excluding hydrogens is 483 g/mol. The van der Waals surface area contributed by atoms with Gasteiger partial charge in [0.25, 0.3) is 15.9 Å². The molecule has 176 valence electrons. The van der Waals surface area contributed by atoms with Gasteiger partial charge in [-0.15, -0.1) is 24.5 Å². The monoisotopic (exact) mass is 501 g/mol. The summed E-state index contributed by atoms with van der Waals surface area (Å²) in [6.45, 7) is 0.336. The van der Waals surface area contributed by atoms with E-state index in [0.717, 1.165) is 23.5 Å². The number of carbonyl (C=O) groups excluding carboxylic acids is 1. The quantitative estimate of drug-likeness (QED) is 0.519. The minimum Gasteiger partial charge on any atom is -0.481 e. The fraction of sp³-hybridized carbons (Fsp3) is 0.200. The summed E-state index contributed by atoms with van der Waals surface area (Å²) < 4.78 is 73.4. The standard InChI is InChI=1S/C20H16F3N3O5S2.H2/c21-20(22,23)31-15-5-3-14(4-6-15)30-17-9-11-26(18(17)27)13-1-7-16(8-2-13)33(28,29)25-19-24-10-12-32-19;/h1-8,10,12,17H,9,11H2,(H,24,25);1H. The van der Waals surface area contributed by atoms with Crippen molar-refractivity contribution in [3.8, 4) is 11.5 Å². The average Bonchev–Trinajstić information content (AvgIpc) is 3.38. The molecule has 0 radical (unpaired) electrons. The number of rotatable bonds is 7. The molecule has 2 aromatic carbocycles. The molecule has 0 aliphatic carbocycles. The molecule has 4 rings (SSSR count). The van der Waals surface area contributed by atoms with Gasteiger partial charge in [0.2, 0.25) is 0 Å². The van der Waals surface area contributed by atoms with Crippen LogP contribution >= 0.6 is 11.3 Å². The first kappa shape index (κ1) is 22.9. The van der Waals surface area contributed by atoms with Gasteiger partial charge in [0.05, 0.1) is 4.90 Å². The highest BCUT2D eigenvalue weighted by Crippen LogP contribution is 2.29. The van der Waals surface area contributed by atoms with Crippen LogP contribution in [0.3, 0.4) is 0 Å². The number of anilines is 2. The molecule has 1 aliphatic rings. The highest BCUT2D eigenvalue weighted by Gasteiger charge is 2.35. The maximum atomic E-state index is 12.7. The maximum Gasteiger partial charge on any atom is 0.573 e. The number of thiazole rings is 1. The summed E-state index contributed by atoms with van der Waals surface area (Å²) in [7, 11) is -3.81. The van der Waals surface area contributed by atoms with E-state index >= 15 is 0 Å². The molecule has 1 aromatic heterocycles. The van der Waals surface area contributed by atoms with Gasteiger partial charge in [-0.1, -0.05) is 0 Å². The van der Waals surface area contributed by atoms with Crippen molar-refractivity contribution in [1.29, 1.82) is 0 Å². The predicted molar refractivity (Wildman–Crippen MR) is 116 cm³/mol. The summed E-state index contributed by atoms with van der Waals surface area (Å²) in [6.07, 6.45) is -3.79. The van der Waals surface area contributed by atoms with E-state index in [9.17, 15) is 26.4 Å². The highest BCUT2D eigenvalue weighted by molar-refractivity contribution is 7.93. The van der Waals surface area contributed by atoms with Gasteiger partial charge >= 0.3 is 6.36 Å². The van der Waals surface area contributed by atoms with E-state index in [2.05, 4.69) is 14.4 Å². The lowest BCUT2D eigenvalue weighted by molar-refractivity contribution is -0.274. The number of alkyl halides is 3. The third-order valence-corrected chi connectivity index (χ3v) is 6.78. The van der Waals surface area contributed by atoms with Gasteiger partial charge in [-0.2, -0.15) is 0 Å². The highest BCUT2D eigenvalue weighted by atomic mass is 32.2. The molecule has 0 spiro atoms. The molecule has 1 unspecified atom stereocenters. The topological polar surface area (TPSA) is 97.8 Å². The van der Waals surface area contributed by atoms with E-state index in [1.165, 1.54) is 47.5 Å². The summed E-state index contributed by atoms with van der Waals surface area (Å²) in [5.74, 6) is -0.518. The van der Waals surface area contributed by atoms with Crippen LogP contribution in [0.5, 0.6) is 11.5 Å². The first-order valence-corrected chi connectivity index (χ1v) is 11.8. The van der Waals surface area contributed by atoms with Crippen LogP contribution in [-0.4, -0.2) is 38.3 Å². The minimum atomic E-state index is -4.80. The Balaban J connectivity index is 0.00000324. The Hall–Kier alpha value is -3.32. The number of ether oxygens (including phenoxy) is 2. The van der Waals surface area contributed by atoms with Gasteiger partial charge in [-0.25, -0.2) is 13.4 Å². The van der Waals surface area contributed by atoms with Crippen LogP contribution in [0.25, 0.3) is 0 Å². The summed E-state index contributed by atoms with van der Waals surface area (Å²) in [4.78, 5) is 18.1. The molecule has 3 aromatic rings. The maximum absolute atomic E-state index is 12.7. The van der Waals surface area contributed by atoms with Crippen LogP contribution in [0.1, 0.15) is 7.85 Å². The zero-order chi connectivity index (χ0) is 23.6. The minimum absolute atomic E-state index is 0. The molecule has 0 saturated carbocycles. The van der Waals surface area contributed by atoms with Crippen molar-refractivity contribution in [3.63, 3.8) is 0 Å². The van der Waals surface area contributed by atoms with E-state index < -0.39 is 28.2 Å². The molecule has 1 saturated heterocycles. The van der Waals surface area contributed by atoms with Crippen LogP contribution in [0.15, 0.2) is 65.0 Å². The smallest absolute Gasteiger partial charge is 0.481 e. The largest absolute Gasteiger partial charge is 0.573 e. The Kier molecular flexibility index (Phi) is 6.17. The van der Waals surface area contributed by atoms with Crippen molar-refractivity contribution in [2.24, 2.45) is 0 Å². The van der Waals surface area contributed by atoms with Gasteiger partial charge in [0.1, 0.15) is 11.5 Å². The van der Waals surface area contributed by atoms with Gasteiger partial charge < -0.3 is 14.4 Å². The van der Waals surface area contributed by atoms with Crippen LogP contribution in [0.4, 0.5) is 24.0 Å². The fourth-order valence-electron chi connectivity index (χ4n) is 3.16. The Bertz CT molecular complexity index is 1220. The zero-order valence-electron chi connectivity index (χ0n) is 16.7. The number of hydrogen-bond acceptors (Lipinski definition) is 7. The molecule has 0 bridgehead atoms. The third-order valence-electron chi connectivity index (χ3n) is 4.60. The second kappa shape index (κ2) is 8.90. The molecule has 8 nitrogen and oxygen atoms in total. The van der Waals surface area contributed by atoms with Crippen molar-refractivity contribution in [2.45, 2.75) is 23.8 Å². The van der Waals surface area contributed by atoms with Crippen LogP contribution < -0.4 is 19.1 Å². The average molecular weight is 502 g/mol. The molecule has 1 fully saturated rings. The molecule has 2 heterocycles. The lowest BCUT2D eigenvalue weighted by atomic mass is 10.3. The van der Waals surface area contributed by atoms with E-state index in [-0.39, 0.29) is 23.1 Å². The van der Waals surface area contributed by atoms with Crippen LogP contribution in [-0.2, 0) is 14.8 Å². The first-order chi connectivity index (χ1) is 15.6. The number of nitrogens with one attached hydrogen (secondary N) is 1. The predicted octanol–water partition coefficient (Wildman–Crippen LogP) is 4.27. The van der Waals surface area contributed by atoms with Gasteiger partial charge in [-0.05, 0) is 48.5 Å². The molecular formula is C20H18F3N3O5S2. The van der Waals surface area contributed by atoms with E-state index in [4.69, 9.17) is 4.74 Å². The van der Waals surface area contributed by atoms with Crippen molar-refractivity contribution < 1.29 is 37.3 Å². The van der Waals surface area contributed by atoms with Crippen molar-refractivity contribution in [2.75, 3.05) is 16.2 Å². The van der Waals surface area contributed by atoms with E-state index in [1.807, 2.05) is 0 Å². The van der Waals surface area contributed by atoms with Gasteiger partial charge in [-0.3, -0.25) is 9.52 Å². The van der Waals surface area contributed by atoms with Crippen LogP contribution in [0, 0.1) is 0 Å². The lowest BCUT2D eigenvalue weighted by Gasteiger charge is -2.18. The number of nitrogens with zero attached hydrogens (tertiary/aromatic N) is 2. The first-order valence-electron chi connectivity index (χ1n) is 9.47. The summed E-state index contributed by atoms with van der Waals surface area (Å²) in [5.41, 5.74) is 0.494. The van der Waals surface area contributed by atoms with E-state index in [1.54, 1.807) is 5.38 Å². The van der Waals surface area contributed by atoms with Crippen molar-refractivity contribution >= 4 is 38.1 Å². The third kappa shape index (κ3) is 5.54. The van der Waals surface area contributed by atoms with Gasteiger partial charge in [0, 0.05) is 31.7 Å². The molecule has 13 heteroatoms. The molecule has 1 amide bonds. The molecule has 1 aliphatic heterocycles. The number of hydrogen-bond donors (Lipinski definition) is 1. The Morgan fingerprint density at radius 2 is 1.76 bits per heavy atom. The van der Waals surface area contributed by atoms with Crippen molar-refractivity contribution in [3.05, 3.63) is 60.1 Å². The second-order valence-corrected chi connectivity index (χ2v) is 9.42. The van der Waals surface area contributed by atoms with Crippen molar-refractivity contribution in [1.82, 2.24) is 4.98 Å².